The van der Waals surface area contributed by atoms with Gasteiger partial charge in [0.05, 0.1) is 6.04 Å². The number of hydrogen-bond donors (Lipinski definition) is 2. The second-order valence-electron chi connectivity index (χ2n) is 7.19. The Morgan fingerprint density at radius 3 is 2.74 bits per heavy atom. The molecule has 140 valence electrons. The first-order chi connectivity index (χ1) is 13.2. The summed E-state index contributed by atoms with van der Waals surface area (Å²) in [6.07, 6.45) is 4.34. The smallest absolute Gasteiger partial charge is 0.253 e. The van der Waals surface area contributed by atoms with Gasteiger partial charge in [-0.25, -0.2) is 0 Å². The maximum atomic E-state index is 12.8. The normalized spacial score (nSPS) is 21.3. The topological polar surface area (TPSA) is 67.4 Å². The highest BCUT2D eigenvalue weighted by atomic mass is 16.5. The molecule has 1 aliphatic heterocycles. The van der Waals surface area contributed by atoms with Crippen molar-refractivity contribution < 1.29 is 14.3 Å². The Morgan fingerprint density at radius 2 is 1.89 bits per heavy atom. The number of carbonyl (C=O) groups excluding carboxylic acids is 2. The number of hydrogen-bond acceptors (Lipinski definition) is 3. The fraction of sp³-hybridized carbons (Fsp3) is 0.364. The minimum absolute atomic E-state index is 0.0348. The second-order valence-corrected chi connectivity index (χ2v) is 7.19. The van der Waals surface area contributed by atoms with E-state index < -0.39 is 0 Å². The molecule has 1 fully saturated rings. The zero-order valence-corrected chi connectivity index (χ0v) is 15.2. The summed E-state index contributed by atoms with van der Waals surface area (Å²) < 4.78 is 5.41. The average Bonchev–Trinajstić information content (AvgIpc) is 3.23. The molecular formula is C22H24N2O3. The number of aryl methyl sites for hydroxylation is 1. The van der Waals surface area contributed by atoms with E-state index in [1.54, 1.807) is 24.3 Å². The standard InChI is InChI=1S/C22H24N2O3/c25-21(24-19-11-4-7-15-6-1-2-10-18(15)19)16-8-3-9-17(14-16)23-22(26)20-12-5-13-27-20/h1-3,6,8-10,14,19-20H,4-5,7,11-13H2,(H,23,26)(H,24,25)/t19-,20+/m1/s1. The Bertz CT molecular complexity index is 843. The first-order valence-electron chi connectivity index (χ1n) is 9.62. The van der Waals surface area contributed by atoms with Crippen LogP contribution in [0.2, 0.25) is 0 Å². The van der Waals surface area contributed by atoms with Crippen LogP contribution in [-0.2, 0) is 16.0 Å². The lowest BCUT2D eigenvalue weighted by Crippen LogP contribution is -2.31. The van der Waals surface area contributed by atoms with Crippen LogP contribution in [0.1, 0.15) is 53.2 Å². The van der Waals surface area contributed by atoms with Crippen LogP contribution >= 0.6 is 0 Å². The summed E-state index contributed by atoms with van der Waals surface area (Å²) >= 11 is 0. The van der Waals surface area contributed by atoms with Crippen LogP contribution in [-0.4, -0.2) is 24.5 Å². The summed E-state index contributed by atoms with van der Waals surface area (Å²) in [6, 6.07) is 15.4. The van der Waals surface area contributed by atoms with Gasteiger partial charge in [0.1, 0.15) is 6.10 Å². The molecule has 5 heteroatoms. The lowest BCUT2D eigenvalue weighted by atomic mass is 9.87. The zero-order valence-electron chi connectivity index (χ0n) is 15.2. The molecule has 5 nitrogen and oxygen atoms in total. The molecule has 0 aromatic heterocycles. The van der Waals surface area contributed by atoms with Gasteiger partial charge in [0.2, 0.25) is 0 Å². The maximum Gasteiger partial charge on any atom is 0.253 e. The molecule has 0 unspecified atom stereocenters. The third-order valence-electron chi connectivity index (χ3n) is 5.29. The molecule has 0 saturated carbocycles. The van der Waals surface area contributed by atoms with Gasteiger partial charge in [-0.3, -0.25) is 9.59 Å². The number of anilines is 1. The van der Waals surface area contributed by atoms with Crippen molar-refractivity contribution >= 4 is 17.5 Å². The van der Waals surface area contributed by atoms with Crippen molar-refractivity contribution in [3.63, 3.8) is 0 Å². The van der Waals surface area contributed by atoms with Gasteiger partial charge in [-0.2, -0.15) is 0 Å². The summed E-state index contributed by atoms with van der Waals surface area (Å²) in [5.41, 5.74) is 3.68. The fourth-order valence-electron chi connectivity index (χ4n) is 3.89. The molecule has 2 aromatic carbocycles. The lowest BCUT2D eigenvalue weighted by molar-refractivity contribution is -0.124. The third-order valence-corrected chi connectivity index (χ3v) is 5.29. The van der Waals surface area contributed by atoms with Crippen LogP contribution in [0.25, 0.3) is 0 Å². The monoisotopic (exact) mass is 364 g/mol. The Hall–Kier alpha value is -2.66. The van der Waals surface area contributed by atoms with E-state index in [1.807, 2.05) is 12.1 Å². The van der Waals surface area contributed by atoms with Crippen LogP contribution in [0.5, 0.6) is 0 Å². The largest absolute Gasteiger partial charge is 0.368 e. The minimum Gasteiger partial charge on any atom is -0.368 e. The highest BCUT2D eigenvalue weighted by Crippen LogP contribution is 2.29. The molecule has 2 aliphatic rings. The molecule has 1 aliphatic carbocycles. The SMILES string of the molecule is O=C(N[C@@H]1CCCc2ccccc21)c1cccc(NC(=O)[C@@H]2CCCO2)c1. The number of benzene rings is 2. The molecule has 1 saturated heterocycles. The van der Waals surface area contributed by atoms with E-state index in [-0.39, 0.29) is 24.0 Å². The van der Waals surface area contributed by atoms with E-state index in [0.29, 0.717) is 17.9 Å². The summed E-state index contributed by atoms with van der Waals surface area (Å²) in [5.74, 6) is -0.267. The van der Waals surface area contributed by atoms with Crippen LogP contribution in [0, 0.1) is 0 Å². The Balaban J connectivity index is 1.44. The van der Waals surface area contributed by atoms with Gasteiger partial charge in [0.25, 0.3) is 11.8 Å². The summed E-state index contributed by atoms with van der Waals surface area (Å²) in [6.45, 7) is 0.628. The van der Waals surface area contributed by atoms with Gasteiger partial charge in [0.15, 0.2) is 0 Å². The third kappa shape index (κ3) is 4.03. The number of amides is 2. The summed E-state index contributed by atoms with van der Waals surface area (Å²) in [5, 5.41) is 6.01. The highest BCUT2D eigenvalue weighted by molar-refractivity contribution is 5.98. The van der Waals surface area contributed by atoms with Gasteiger partial charge in [-0.1, -0.05) is 30.3 Å². The first-order valence-corrected chi connectivity index (χ1v) is 9.62. The molecule has 2 aromatic rings. The minimum atomic E-state index is -0.388. The molecule has 0 spiro atoms. The average molecular weight is 364 g/mol. The van der Waals surface area contributed by atoms with Crippen molar-refractivity contribution in [2.75, 3.05) is 11.9 Å². The zero-order chi connectivity index (χ0) is 18.6. The molecular weight excluding hydrogens is 340 g/mol. The van der Waals surface area contributed by atoms with Crippen molar-refractivity contribution in [1.29, 1.82) is 0 Å². The van der Waals surface area contributed by atoms with Crippen molar-refractivity contribution in [2.45, 2.75) is 44.2 Å². The number of fused-ring (bicyclic) bond motifs is 1. The van der Waals surface area contributed by atoms with Gasteiger partial charge in [-0.05, 0) is 61.4 Å². The quantitative estimate of drug-likeness (QED) is 0.871. The number of rotatable bonds is 4. The lowest BCUT2D eigenvalue weighted by Gasteiger charge is -2.26. The van der Waals surface area contributed by atoms with Crippen molar-refractivity contribution in [2.24, 2.45) is 0 Å². The first kappa shape index (κ1) is 17.7. The molecule has 0 bridgehead atoms. The van der Waals surface area contributed by atoms with Crippen LogP contribution in [0.4, 0.5) is 5.69 Å². The number of ether oxygens (including phenoxy) is 1. The molecule has 4 rings (SSSR count). The van der Waals surface area contributed by atoms with E-state index in [2.05, 4.69) is 22.8 Å². The van der Waals surface area contributed by atoms with Gasteiger partial charge in [-0.15, -0.1) is 0 Å². The fourth-order valence-corrected chi connectivity index (χ4v) is 3.89. The predicted molar refractivity (Wildman–Crippen MR) is 104 cm³/mol. The van der Waals surface area contributed by atoms with Gasteiger partial charge in [0, 0.05) is 17.9 Å². The number of carbonyl (C=O) groups is 2. The van der Waals surface area contributed by atoms with E-state index >= 15 is 0 Å². The number of nitrogens with one attached hydrogen (secondary N) is 2. The molecule has 2 amide bonds. The maximum absolute atomic E-state index is 12.8. The molecule has 0 radical (unpaired) electrons. The van der Waals surface area contributed by atoms with Crippen molar-refractivity contribution in [3.8, 4) is 0 Å². The Labute approximate surface area is 159 Å². The Kier molecular flexibility index (Phi) is 5.21. The van der Waals surface area contributed by atoms with Gasteiger partial charge >= 0.3 is 0 Å². The molecule has 2 atom stereocenters. The molecule has 2 N–H and O–H groups in total. The van der Waals surface area contributed by atoms with Crippen LogP contribution < -0.4 is 10.6 Å². The van der Waals surface area contributed by atoms with E-state index in [4.69, 9.17) is 4.74 Å². The van der Waals surface area contributed by atoms with Crippen molar-refractivity contribution in [1.82, 2.24) is 5.32 Å². The highest BCUT2D eigenvalue weighted by Gasteiger charge is 2.24. The van der Waals surface area contributed by atoms with E-state index in [9.17, 15) is 9.59 Å². The second kappa shape index (κ2) is 7.92. The van der Waals surface area contributed by atoms with Crippen molar-refractivity contribution in [3.05, 3.63) is 65.2 Å². The van der Waals surface area contributed by atoms with E-state index in [0.717, 1.165) is 32.1 Å². The Morgan fingerprint density at radius 1 is 1.00 bits per heavy atom. The van der Waals surface area contributed by atoms with Crippen LogP contribution in [0.3, 0.4) is 0 Å². The van der Waals surface area contributed by atoms with Gasteiger partial charge < -0.3 is 15.4 Å². The molecule has 1 heterocycles. The predicted octanol–water partition coefficient (Wildman–Crippen LogP) is 3.61. The van der Waals surface area contributed by atoms with Crippen LogP contribution in [0.15, 0.2) is 48.5 Å². The van der Waals surface area contributed by atoms with E-state index in [1.165, 1.54) is 11.1 Å². The molecule has 27 heavy (non-hydrogen) atoms. The summed E-state index contributed by atoms with van der Waals surface area (Å²) in [4.78, 5) is 25.0. The summed E-state index contributed by atoms with van der Waals surface area (Å²) in [7, 11) is 0.